The average Bonchev–Trinajstić information content (AvgIpc) is 2.85. The van der Waals surface area contributed by atoms with E-state index in [9.17, 15) is 4.79 Å². The maximum atomic E-state index is 11.4. The Balaban J connectivity index is 1.71. The third-order valence-corrected chi connectivity index (χ3v) is 9.39. The summed E-state index contributed by atoms with van der Waals surface area (Å²) in [5, 5.41) is 0. The SMILES string of the molecule is CCOC(=O)CCCCc1ncc(C#Cc2cc3c(cc2SC)OCCC3(SC)SC)cn1. The minimum atomic E-state index is -0.144. The number of aromatic nitrogens is 2. The summed E-state index contributed by atoms with van der Waals surface area (Å²) in [5.41, 5.74) is 3.00. The molecule has 0 aliphatic carbocycles. The smallest absolute Gasteiger partial charge is 0.305 e. The van der Waals surface area contributed by atoms with Crippen molar-refractivity contribution >= 4 is 41.3 Å². The fourth-order valence-electron chi connectivity index (χ4n) is 3.66. The quantitative estimate of drug-likeness (QED) is 0.146. The lowest BCUT2D eigenvalue weighted by atomic mass is 10.0. The van der Waals surface area contributed by atoms with Crippen molar-refractivity contribution in [2.24, 2.45) is 0 Å². The Kier molecular flexibility index (Phi) is 9.84. The number of unbranched alkanes of at least 4 members (excludes halogenated alkanes) is 1. The Morgan fingerprint density at radius 3 is 2.58 bits per heavy atom. The highest BCUT2D eigenvalue weighted by Gasteiger charge is 2.37. The molecule has 176 valence electrons. The Morgan fingerprint density at radius 2 is 1.91 bits per heavy atom. The second kappa shape index (κ2) is 12.6. The summed E-state index contributed by atoms with van der Waals surface area (Å²) in [6, 6.07) is 4.32. The van der Waals surface area contributed by atoms with Crippen molar-refractivity contribution in [1.82, 2.24) is 9.97 Å². The Morgan fingerprint density at radius 1 is 1.15 bits per heavy atom. The number of esters is 1. The summed E-state index contributed by atoms with van der Waals surface area (Å²) < 4.78 is 10.9. The van der Waals surface area contributed by atoms with Crippen molar-refractivity contribution in [1.29, 1.82) is 0 Å². The van der Waals surface area contributed by atoms with Gasteiger partial charge in [-0.15, -0.1) is 35.3 Å². The summed E-state index contributed by atoms with van der Waals surface area (Å²) >= 11 is 5.41. The van der Waals surface area contributed by atoms with Gasteiger partial charge in [-0.1, -0.05) is 11.8 Å². The molecule has 8 heteroatoms. The first kappa shape index (κ1) is 25.8. The topological polar surface area (TPSA) is 61.3 Å². The number of ether oxygens (including phenoxy) is 2. The van der Waals surface area contributed by atoms with Crippen molar-refractivity contribution in [2.45, 2.75) is 48.0 Å². The normalized spacial score (nSPS) is 13.9. The van der Waals surface area contributed by atoms with Crippen LogP contribution in [0.2, 0.25) is 0 Å². The molecule has 2 heterocycles. The van der Waals surface area contributed by atoms with Crippen LogP contribution in [0, 0.1) is 11.8 Å². The van der Waals surface area contributed by atoms with Crippen molar-refractivity contribution in [3.63, 3.8) is 0 Å². The summed E-state index contributed by atoms with van der Waals surface area (Å²) in [6.07, 6.45) is 13.7. The molecule has 0 bridgehead atoms. The maximum absolute atomic E-state index is 11.4. The van der Waals surface area contributed by atoms with Gasteiger partial charge in [0.2, 0.25) is 0 Å². The van der Waals surface area contributed by atoms with E-state index in [2.05, 4.69) is 52.7 Å². The van der Waals surface area contributed by atoms with Gasteiger partial charge >= 0.3 is 5.97 Å². The van der Waals surface area contributed by atoms with E-state index in [0.29, 0.717) is 13.0 Å². The zero-order chi connectivity index (χ0) is 23.7. The molecule has 0 fully saturated rings. The van der Waals surface area contributed by atoms with E-state index >= 15 is 0 Å². The molecule has 1 aliphatic rings. The molecule has 1 aliphatic heterocycles. The van der Waals surface area contributed by atoms with Crippen LogP contribution < -0.4 is 4.74 Å². The number of thioether (sulfide) groups is 3. The number of aryl methyl sites for hydroxylation is 1. The van der Waals surface area contributed by atoms with Crippen molar-refractivity contribution in [3.05, 3.63) is 47.0 Å². The van der Waals surface area contributed by atoms with Crippen molar-refractivity contribution in [2.75, 3.05) is 32.0 Å². The van der Waals surface area contributed by atoms with E-state index in [1.54, 1.807) is 24.2 Å². The first-order valence-electron chi connectivity index (χ1n) is 11.0. The molecular formula is C25H30N2O3S3. The van der Waals surface area contributed by atoms with E-state index < -0.39 is 0 Å². The molecule has 2 aromatic rings. The van der Waals surface area contributed by atoms with Gasteiger partial charge in [-0.25, -0.2) is 9.97 Å². The largest absolute Gasteiger partial charge is 0.493 e. The van der Waals surface area contributed by atoms with Gasteiger partial charge in [-0.3, -0.25) is 4.79 Å². The molecule has 0 unspecified atom stereocenters. The lowest BCUT2D eigenvalue weighted by molar-refractivity contribution is -0.143. The predicted molar refractivity (Wildman–Crippen MR) is 139 cm³/mol. The van der Waals surface area contributed by atoms with Gasteiger partial charge < -0.3 is 9.47 Å². The average molecular weight is 503 g/mol. The molecule has 33 heavy (non-hydrogen) atoms. The number of benzene rings is 1. The van der Waals surface area contributed by atoms with Gasteiger partial charge in [0, 0.05) is 47.7 Å². The maximum Gasteiger partial charge on any atom is 0.305 e. The van der Waals surface area contributed by atoms with Gasteiger partial charge in [0.15, 0.2) is 0 Å². The minimum absolute atomic E-state index is 0.00100. The number of fused-ring (bicyclic) bond motifs is 1. The zero-order valence-corrected chi connectivity index (χ0v) is 22.1. The number of nitrogens with zero attached hydrogens (tertiary/aromatic N) is 2. The van der Waals surface area contributed by atoms with Crippen LogP contribution in [0.25, 0.3) is 0 Å². The van der Waals surface area contributed by atoms with Crippen LogP contribution in [-0.2, 0) is 20.0 Å². The fourth-order valence-corrected chi connectivity index (χ4v) is 6.21. The zero-order valence-electron chi connectivity index (χ0n) is 19.6. The molecule has 1 aromatic heterocycles. The van der Waals surface area contributed by atoms with E-state index in [4.69, 9.17) is 9.47 Å². The summed E-state index contributed by atoms with van der Waals surface area (Å²) in [6.45, 7) is 2.98. The van der Waals surface area contributed by atoms with Crippen LogP contribution in [0.1, 0.15) is 55.1 Å². The van der Waals surface area contributed by atoms with Gasteiger partial charge in [0.1, 0.15) is 11.6 Å². The van der Waals surface area contributed by atoms with Gasteiger partial charge in [-0.05, 0) is 50.7 Å². The first-order valence-corrected chi connectivity index (χ1v) is 14.7. The molecule has 0 saturated carbocycles. The van der Waals surface area contributed by atoms with Crippen LogP contribution in [-0.4, -0.2) is 47.9 Å². The van der Waals surface area contributed by atoms with Gasteiger partial charge in [0.05, 0.1) is 22.9 Å². The molecule has 3 rings (SSSR count). The van der Waals surface area contributed by atoms with Gasteiger partial charge in [-0.2, -0.15) is 0 Å². The number of rotatable bonds is 9. The Hall–Kier alpha value is -1.82. The standard InChI is InChI=1S/C25H30N2O3S3/c1-5-29-24(28)9-7-6-8-23-26-16-18(17-27-23)10-11-19-14-20-21(15-22(19)31-2)30-13-12-25(20,32-3)33-4/h14-17H,5-9,12-13H2,1-4H3. The first-order chi connectivity index (χ1) is 16.0. The summed E-state index contributed by atoms with van der Waals surface area (Å²) in [4.78, 5) is 21.4. The van der Waals surface area contributed by atoms with E-state index in [0.717, 1.165) is 59.9 Å². The van der Waals surface area contributed by atoms with Crippen molar-refractivity contribution < 1.29 is 14.3 Å². The molecule has 0 radical (unpaired) electrons. The van der Waals surface area contributed by atoms with Crippen LogP contribution in [0.15, 0.2) is 29.4 Å². The lowest BCUT2D eigenvalue weighted by Crippen LogP contribution is -2.26. The highest BCUT2D eigenvalue weighted by atomic mass is 32.2. The van der Waals surface area contributed by atoms with Crippen LogP contribution >= 0.6 is 35.3 Å². The molecule has 0 amide bonds. The van der Waals surface area contributed by atoms with Crippen LogP contribution in [0.5, 0.6) is 5.75 Å². The lowest BCUT2D eigenvalue weighted by Gasteiger charge is -2.36. The Labute approximate surface area is 209 Å². The second-order valence-corrected chi connectivity index (χ2v) is 10.8. The Bertz CT molecular complexity index is 1010. The third-order valence-electron chi connectivity index (χ3n) is 5.44. The van der Waals surface area contributed by atoms with E-state index in [1.165, 1.54) is 5.56 Å². The number of hydrogen-bond donors (Lipinski definition) is 0. The molecule has 1 aromatic carbocycles. The monoisotopic (exact) mass is 502 g/mol. The molecular weight excluding hydrogens is 472 g/mol. The number of hydrogen-bond acceptors (Lipinski definition) is 8. The van der Waals surface area contributed by atoms with Crippen molar-refractivity contribution in [3.8, 4) is 17.6 Å². The van der Waals surface area contributed by atoms with Gasteiger partial charge in [0.25, 0.3) is 0 Å². The highest BCUT2D eigenvalue weighted by Crippen LogP contribution is 2.53. The molecule has 0 atom stereocenters. The summed E-state index contributed by atoms with van der Waals surface area (Å²) in [5.74, 6) is 8.15. The fraction of sp³-hybridized carbons (Fsp3) is 0.480. The number of carbonyl (C=O) groups excluding carboxylic acids is 1. The molecule has 0 spiro atoms. The highest BCUT2D eigenvalue weighted by molar-refractivity contribution is 8.16. The molecule has 0 N–H and O–H groups in total. The number of carbonyl (C=O) groups is 1. The molecule has 0 saturated heterocycles. The van der Waals surface area contributed by atoms with E-state index in [-0.39, 0.29) is 10.0 Å². The van der Waals surface area contributed by atoms with E-state index in [1.807, 2.05) is 30.4 Å². The minimum Gasteiger partial charge on any atom is -0.493 e. The van der Waals surface area contributed by atoms with Crippen LogP contribution in [0.3, 0.4) is 0 Å². The summed E-state index contributed by atoms with van der Waals surface area (Å²) in [7, 11) is 0. The molecule has 5 nitrogen and oxygen atoms in total. The third kappa shape index (κ3) is 6.62. The predicted octanol–water partition coefficient (Wildman–Crippen LogP) is 5.54. The second-order valence-electron chi connectivity index (χ2n) is 7.46. The van der Waals surface area contributed by atoms with Crippen LogP contribution in [0.4, 0.5) is 0 Å².